The lowest BCUT2D eigenvalue weighted by molar-refractivity contribution is 0.0526. The Morgan fingerprint density at radius 1 is 1.37 bits per heavy atom. The molecule has 0 radical (unpaired) electrons. The molecule has 0 saturated heterocycles. The number of carbonyl (C=O) groups is 1. The Bertz CT molecular complexity index is 626. The van der Waals surface area contributed by atoms with E-state index in [1.165, 1.54) is 0 Å². The summed E-state index contributed by atoms with van der Waals surface area (Å²) in [6.45, 7) is 2.16. The molecule has 0 bridgehead atoms. The van der Waals surface area contributed by atoms with Crippen molar-refractivity contribution in [1.29, 1.82) is 0 Å². The lowest BCUT2D eigenvalue weighted by Gasteiger charge is -2.15. The van der Waals surface area contributed by atoms with Crippen molar-refractivity contribution >= 4 is 45.2 Å². The van der Waals surface area contributed by atoms with E-state index in [0.717, 1.165) is 20.2 Å². The molecule has 0 amide bonds. The molecule has 0 aliphatic rings. The van der Waals surface area contributed by atoms with Crippen LogP contribution >= 0.6 is 22.6 Å². The summed E-state index contributed by atoms with van der Waals surface area (Å²) in [6.07, 6.45) is 1.56. The highest BCUT2D eigenvalue weighted by Crippen LogP contribution is 2.26. The van der Waals surface area contributed by atoms with E-state index >= 15 is 0 Å². The van der Waals surface area contributed by atoms with Crippen LogP contribution in [0.3, 0.4) is 0 Å². The molecule has 0 aliphatic heterocycles. The summed E-state index contributed by atoms with van der Waals surface area (Å²) >= 11 is 2.28. The van der Waals surface area contributed by atoms with Gasteiger partial charge in [-0.25, -0.2) is 4.79 Å². The second-order valence-corrected chi connectivity index (χ2v) is 5.50. The smallest absolute Gasteiger partial charge is 0.339 e. The zero-order valence-corrected chi connectivity index (χ0v) is 13.3. The summed E-state index contributed by atoms with van der Waals surface area (Å²) in [5, 5.41) is 0.945. The van der Waals surface area contributed by atoms with Crippen molar-refractivity contribution < 1.29 is 9.53 Å². The molecule has 1 aromatic heterocycles. The van der Waals surface area contributed by atoms with Gasteiger partial charge in [0.15, 0.2) is 0 Å². The fourth-order valence-electron chi connectivity index (χ4n) is 1.81. The van der Waals surface area contributed by atoms with E-state index in [4.69, 9.17) is 4.74 Å². The maximum atomic E-state index is 11.7. The van der Waals surface area contributed by atoms with Gasteiger partial charge in [0.1, 0.15) is 0 Å². The number of carbonyl (C=O) groups excluding carboxylic acids is 1. The Hall–Kier alpha value is -1.37. The summed E-state index contributed by atoms with van der Waals surface area (Å²) < 4.78 is 6.10. The second-order valence-electron chi connectivity index (χ2n) is 4.34. The highest BCUT2D eigenvalue weighted by Gasteiger charge is 2.10. The molecular formula is C14H15IN2O2. The number of hydrogen-bond donors (Lipinski definition) is 0. The molecule has 0 N–H and O–H groups in total. The first kappa shape index (κ1) is 14.0. The molecule has 0 aliphatic carbocycles. The van der Waals surface area contributed by atoms with E-state index in [1.807, 2.05) is 37.2 Å². The number of anilines is 1. The first-order valence-electron chi connectivity index (χ1n) is 5.96. The van der Waals surface area contributed by atoms with E-state index in [-0.39, 0.29) is 5.97 Å². The molecule has 100 valence electrons. The van der Waals surface area contributed by atoms with Crippen molar-refractivity contribution in [2.24, 2.45) is 0 Å². The van der Waals surface area contributed by atoms with Gasteiger partial charge in [-0.2, -0.15) is 0 Å². The number of ether oxygens (including phenoxy) is 1. The standard InChI is InChI=1S/C14H15IN2O2/c1-4-19-14(18)10-5-9-6-11(15)13(17(2)3)7-12(9)16-8-10/h5-8H,4H2,1-3H3. The molecule has 2 rings (SSSR count). The maximum absolute atomic E-state index is 11.7. The average molecular weight is 370 g/mol. The summed E-state index contributed by atoms with van der Waals surface area (Å²) in [5.74, 6) is -0.330. The van der Waals surface area contributed by atoms with Gasteiger partial charge in [0.05, 0.1) is 23.4 Å². The first-order chi connectivity index (χ1) is 9.02. The Morgan fingerprint density at radius 2 is 2.11 bits per heavy atom. The first-order valence-corrected chi connectivity index (χ1v) is 7.04. The molecular weight excluding hydrogens is 355 g/mol. The Labute approximate surface area is 125 Å². The van der Waals surface area contributed by atoms with E-state index in [2.05, 4.69) is 27.6 Å². The van der Waals surface area contributed by atoms with Gasteiger partial charge in [-0.05, 0) is 47.7 Å². The van der Waals surface area contributed by atoms with Crippen LogP contribution in [0.15, 0.2) is 24.4 Å². The summed E-state index contributed by atoms with van der Waals surface area (Å²) in [4.78, 5) is 18.1. The van der Waals surface area contributed by atoms with Crippen molar-refractivity contribution in [3.8, 4) is 0 Å². The van der Waals surface area contributed by atoms with Crippen LogP contribution in [0.4, 0.5) is 5.69 Å². The Balaban J connectivity index is 2.50. The quantitative estimate of drug-likeness (QED) is 0.615. The van der Waals surface area contributed by atoms with Crippen LogP contribution in [0.25, 0.3) is 10.9 Å². The van der Waals surface area contributed by atoms with E-state index < -0.39 is 0 Å². The fourth-order valence-corrected chi connectivity index (χ4v) is 2.78. The molecule has 2 aromatic rings. The lowest BCUT2D eigenvalue weighted by Crippen LogP contribution is -2.10. The summed E-state index contributed by atoms with van der Waals surface area (Å²) in [6, 6.07) is 5.87. The van der Waals surface area contributed by atoms with Gasteiger partial charge in [0.25, 0.3) is 0 Å². The molecule has 1 heterocycles. The Kier molecular flexibility index (Phi) is 4.24. The van der Waals surface area contributed by atoms with Gasteiger partial charge in [-0.15, -0.1) is 0 Å². The van der Waals surface area contributed by atoms with Crippen LogP contribution in [-0.2, 0) is 4.74 Å². The SMILES string of the molecule is CCOC(=O)c1cnc2cc(N(C)C)c(I)cc2c1. The van der Waals surface area contributed by atoms with Crippen molar-refractivity contribution in [2.75, 3.05) is 25.6 Å². The average Bonchev–Trinajstić information content (AvgIpc) is 2.37. The number of esters is 1. The molecule has 19 heavy (non-hydrogen) atoms. The molecule has 0 spiro atoms. The van der Waals surface area contributed by atoms with Crippen LogP contribution < -0.4 is 4.90 Å². The van der Waals surface area contributed by atoms with Crippen molar-refractivity contribution in [1.82, 2.24) is 4.98 Å². The third-order valence-electron chi connectivity index (χ3n) is 2.74. The minimum atomic E-state index is -0.330. The molecule has 0 fully saturated rings. The van der Waals surface area contributed by atoms with Crippen LogP contribution in [-0.4, -0.2) is 31.7 Å². The summed E-state index contributed by atoms with van der Waals surface area (Å²) in [5.41, 5.74) is 2.48. The highest BCUT2D eigenvalue weighted by molar-refractivity contribution is 14.1. The third-order valence-corrected chi connectivity index (χ3v) is 3.61. The van der Waals surface area contributed by atoms with Crippen molar-refractivity contribution in [3.63, 3.8) is 0 Å². The van der Waals surface area contributed by atoms with Gasteiger partial charge < -0.3 is 9.64 Å². The van der Waals surface area contributed by atoms with E-state index in [9.17, 15) is 4.79 Å². The van der Waals surface area contributed by atoms with Gasteiger partial charge in [-0.1, -0.05) is 0 Å². The third kappa shape index (κ3) is 2.97. The molecule has 4 nitrogen and oxygen atoms in total. The zero-order chi connectivity index (χ0) is 14.0. The largest absolute Gasteiger partial charge is 0.462 e. The van der Waals surface area contributed by atoms with E-state index in [1.54, 1.807) is 13.1 Å². The van der Waals surface area contributed by atoms with E-state index in [0.29, 0.717) is 12.2 Å². The monoisotopic (exact) mass is 370 g/mol. The van der Waals surface area contributed by atoms with Gasteiger partial charge in [0, 0.05) is 29.2 Å². The fraction of sp³-hybridized carbons (Fsp3) is 0.286. The number of nitrogens with zero attached hydrogens (tertiary/aromatic N) is 2. The summed E-state index contributed by atoms with van der Waals surface area (Å²) in [7, 11) is 3.99. The minimum absolute atomic E-state index is 0.330. The van der Waals surface area contributed by atoms with Crippen molar-refractivity contribution in [3.05, 3.63) is 33.5 Å². The van der Waals surface area contributed by atoms with Crippen LogP contribution in [0.1, 0.15) is 17.3 Å². The molecule has 5 heteroatoms. The predicted octanol–water partition coefficient (Wildman–Crippen LogP) is 3.08. The minimum Gasteiger partial charge on any atom is -0.462 e. The second kappa shape index (κ2) is 5.73. The number of hydrogen-bond acceptors (Lipinski definition) is 4. The van der Waals surface area contributed by atoms with Gasteiger partial charge in [0.2, 0.25) is 0 Å². The van der Waals surface area contributed by atoms with Gasteiger partial charge in [-0.3, -0.25) is 4.98 Å². The van der Waals surface area contributed by atoms with Crippen LogP contribution in [0.2, 0.25) is 0 Å². The normalized spacial score (nSPS) is 10.5. The van der Waals surface area contributed by atoms with Crippen molar-refractivity contribution in [2.45, 2.75) is 6.92 Å². The maximum Gasteiger partial charge on any atom is 0.339 e. The zero-order valence-electron chi connectivity index (χ0n) is 11.1. The molecule has 1 aromatic carbocycles. The lowest BCUT2D eigenvalue weighted by atomic mass is 10.1. The number of benzene rings is 1. The number of aromatic nitrogens is 1. The topological polar surface area (TPSA) is 42.4 Å². The van der Waals surface area contributed by atoms with Gasteiger partial charge >= 0.3 is 5.97 Å². The van der Waals surface area contributed by atoms with Crippen LogP contribution in [0.5, 0.6) is 0 Å². The number of pyridine rings is 1. The highest BCUT2D eigenvalue weighted by atomic mass is 127. The molecule has 0 unspecified atom stereocenters. The molecule has 0 atom stereocenters. The number of rotatable bonds is 3. The van der Waals surface area contributed by atoms with Crippen LogP contribution in [0, 0.1) is 3.57 Å². The molecule has 0 saturated carbocycles. The number of halogens is 1. The Morgan fingerprint density at radius 3 is 2.74 bits per heavy atom. The number of fused-ring (bicyclic) bond motifs is 1. The predicted molar refractivity (Wildman–Crippen MR) is 84.7 cm³/mol.